The monoisotopic (exact) mass is 317 g/mol. The van der Waals surface area contributed by atoms with E-state index in [1.807, 2.05) is 6.92 Å². The summed E-state index contributed by atoms with van der Waals surface area (Å²) in [5, 5.41) is 3.45. The first kappa shape index (κ1) is 15.9. The van der Waals surface area contributed by atoms with E-state index >= 15 is 0 Å². The van der Waals surface area contributed by atoms with Gasteiger partial charge in [0.1, 0.15) is 10.6 Å². The Bertz CT molecular complexity index is 794. The van der Waals surface area contributed by atoms with Crippen LogP contribution in [0.2, 0.25) is 0 Å². The van der Waals surface area contributed by atoms with Gasteiger partial charge in [-0.3, -0.25) is 9.08 Å². The molecule has 0 bridgehead atoms. The van der Waals surface area contributed by atoms with Crippen molar-refractivity contribution in [3.8, 4) is 0 Å². The molecule has 0 spiro atoms. The number of hydrogen-bond acceptors (Lipinski definition) is 5. The summed E-state index contributed by atoms with van der Waals surface area (Å²) < 4.78 is 28.5. The zero-order valence-electron chi connectivity index (χ0n) is 12.2. The quantitative estimate of drug-likeness (QED) is 0.483. The first-order valence-electron chi connectivity index (χ1n) is 6.55. The van der Waals surface area contributed by atoms with Gasteiger partial charge < -0.3 is 0 Å². The molecular weight excluding hydrogens is 302 g/mol. The molecule has 0 saturated heterocycles. The third-order valence-corrected chi connectivity index (χ3v) is 4.07. The molecule has 5 nitrogen and oxygen atoms in total. The average Bonchev–Trinajstić information content (AvgIpc) is 2.53. The number of rotatable bonds is 5. The number of aryl methyl sites for hydroxylation is 1. The number of oxime groups is 1. The van der Waals surface area contributed by atoms with Crippen molar-refractivity contribution in [2.24, 2.45) is 5.16 Å². The summed E-state index contributed by atoms with van der Waals surface area (Å²) in [5.74, 6) is -0.389. The average molecular weight is 317 g/mol. The molecule has 0 saturated carbocycles. The van der Waals surface area contributed by atoms with Crippen molar-refractivity contribution < 1.29 is 17.5 Å². The zero-order chi connectivity index (χ0) is 16.2. The molecule has 0 aliphatic rings. The van der Waals surface area contributed by atoms with Gasteiger partial charge in [0.2, 0.25) is 5.78 Å². The second-order valence-electron chi connectivity index (χ2n) is 4.71. The van der Waals surface area contributed by atoms with Crippen LogP contribution in [0.1, 0.15) is 22.8 Å². The minimum absolute atomic E-state index is 0.0122. The van der Waals surface area contributed by atoms with Gasteiger partial charge in [-0.15, -0.1) is 0 Å². The van der Waals surface area contributed by atoms with E-state index < -0.39 is 10.1 Å². The van der Waals surface area contributed by atoms with Gasteiger partial charge in [-0.05, 0) is 26.0 Å². The van der Waals surface area contributed by atoms with Gasteiger partial charge >= 0.3 is 10.1 Å². The number of ketones is 1. The lowest BCUT2D eigenvalue weighted by atomic mass is 10.1. The maximum absolute atomic E-state index is 12.0. The minimum atomic E-state index is -4.03. The van der Waals surface area contributed by atoms with Crippen molar-refractivity contribution in [2.75, 3.05) is 0 Å². The molecule has 0 unspecified atom stereocenters. The lowest BCUT2D eigenvalue weighted by Gasteiger charge is -2.03. The number of nitrogens with zero attached hydrogens (tertiary/aromatic N) is 1. The Morgan fingerprint density at radius 1 is 1.00 bits per heavy atom. The fourth-order valence-corrected chi connectivity index (χ4v) is 2.46. The van der Waals surface area contributed by atoms with E-state index in [2.05, 4.69) is 9.44 Å². The SMILES string of the molecule is C/C(=N\OS(=O)(=O)c1ccc(C)cc1)C(=O)c1ccccc1. The van der Waals surface area contributed by atoms with Crippen LogP contribution in [-0.4, -0.2) is 19.9 Å². The summed E-state index contributed by atoms with van der Waals surface area (Å²) in [7, 11) is -4.03. The Morgan fingerprint density at radius 2 is 1.59 bits per heavy atom. The van der Waals surface area contributed by atoms with Crippen LogP contribution in [0.15, 0.2) is 64.6 Å². The normalized spacial score (nSPS) is 12.0. The smallest absolute Gasteiger partial charge is 0.287 e. The van der Waals surface area contributed by atoms with Crippen molar-refractivity contribution in [3.63, 3.8) is 0 Å². The lowest BCUT2D eigenvalue weighted by molar-refractivity contribution is 0.106. The molecule has 0 aromatic heterocycles. The molecule has 0 heterocycles. The first-order valence-corrected chi connectivity index (χ1v) is 7.95. The maximum Gasteiger partial charge on any atom is 0.358 e. The van der Waals surface area contributed by atoms with Gasteiger partial charge in [0.25, 0.3) is 0 Å². The fraction of sp³-hybridized carbons (Fsp3) is 0.125. The summed E-state index contributed by atoms with van der Waals surface area (Å²) >= 11 is 0. The van der Waals surface area contributed by atoms with Gasteiger partial charge in [-0.1, -0.05) is 53.2 Å². The van der Waals surface area contributed by atoms with E-state index in [4.69, 9.17) is 0 Å². The molecule has 114 valence electrons. The Morgan fingerprint density at radius 3 is 2.18 bits per heavy atom. The number of carbonyl (C=O) groups is 1. The van der Waals surface area contributed by atoms with Crippen LogP contribution in [0.5, 0.6) is 0 Å². The highest BCUT2D eigenvalue weighted by Crippen LogP contribution is 2.14. The highest BCUT2D eigenvalue weighted by Gasteiger charge is 2.17. The van der Waals surface area contributed by atoms with Gasteiger partial charge in [0.05, 0.1) is 0 Å². The van der Waals surface area contributed by atoms with Crippen LogP contribution in [-0.2, 0) is 14.4 Å². The molecule has 0 aliphatic carbocycles. The fourth-order valence-electron chi connectivity index (χ4n) is 1.69. The van der Waals surface area contributed by atoms with E-state index in [1.165, 1.54) is 19.1 Å². The van der Waals surface area contributed by atoms with Crippen LogP contribution >= 0.6 is 0 Å². The zero-order valence-corrected chi connectivity index (χ0v) is 13.0. The Kier molecular flexibility index (Phi) is 4.72. The van der Waals surface area contributed by atoms with E-state index in [-0.39, 0.29) is 16.4 Å². The highest BCUT2D eigenvalue weighted by molar-refractivity contribution is 7.86. The minimum Gasteiger partial charge on any atom is -0.287 e. The van der Waals surface area contributed by atoms with Crippen LogP contribution in [0.4, 0.5) is 0 Å². The molecule has 0 fully saturated rings. The van der Waals surface area contributed by atoms with Crippen molar-refractivity contribution >= 4 is 21.6 Å². The summed E-state index contributed by atoms with van der Waals surface area (Å²) in [5.41, 5.74) is 1.31. The molecule has 0 amide bonds. The molecule has 2 aromatic rings. The number of carbonyl (C=O) groups excluding carboxylic acids is 1. The molecule has 2 aromatic carbocycles. The van der Waals surface area contributed by atoms with Gasteiger partial charge in [0.15, 0.2) is 0 Å². The van der Waals surface area contributed by atoms with Crippen molar-refractivity contribution in [1.82, 2.24) is 0 Å². The highest BCUT2D eigenvalue weighted by atomic mass is 32.2. The largest absolute Gasteiger partial charge is 0.358 e. The molecule has 22 heavy (non-hydrogen) atoms. The van der Waals surface area contributed by atoms with Crippen LogP contribution in [0, 0.1) is 6.92 Å². The Hall–Kier alpha value is -2.47. The molecule has 0 radical (unpaired) electrons. The van der Waals surface area contributed by atoms with Gasteiger partial charge in [0, 0.05) is 5.56 Å². The molecule has 0 atom stereocenters. The summed E-state index contributed by atoms with van der Waals surface area (Å²) in [6.07, 6.45) is 0. The van der Waals surface area contributed by atoms with E-state index in [0.29, 0.717) is 5.56 Å². The Balaban J connectivity index is 2.16. The molecule has 0 N–H and O–H groups in total. The van der Waals surface area contributed by atoms with Gasteiger partial charge in [-0.25, -0.2) is 0 Å². The summed E-state index contributed by atoms with van der Waals surface area (Å²) in [4.78, 5) is 12.0. The maximum atomic E-state index is 12.0. The van der Waals surface area contributed by atoms with Crippen LogP contribution in [0.25, 0.3) is 0 Å². The van der Waals surface area contributed by atoms with Crippen molar-refractivity contribution in [3.05, 3.63) is 65.7 Å². The van der Waals surface area contributed by atoms with E-state index in [0.717, 1.165) is 5.56 Å². The molecule has 0 aliphatic heterocycles. The van der Waals surface area contributed by atoms with Crippen LogP contribution < -0.4 is 0 Å². The van der Waals surface area contributed by atoms with Crippen molar-refractivity contribution in [1.29, 1.82) is 0 Å². The van der Waals surface area contributed by atoms with E-state index in [1.54, 1.807) is 42.5 Å². The number of Topliss-reactive ketones (excluding diaryl/α,β-unsaturated/α-hetero) is 1. The standard InChI is InChI=1S/C16H15NO4S/c1-12-8-10-15(11-9-12)22(19,20)21-17-13(2)16(18)14-6-4-3-5-7-14/h3-11H,1-2H3/b17-13+. The number of benzene rings is 2. The third-order valence-electron chi connectivity index (χ3n) is 2.95. The predicted octanol–water partition coefficient (Wildman–Crippen LogP) is 2.96. The second kappa shape index (κ2) is 6.53. The van der Waals surface area contributed by atoms with E-state index in [9.17, 15) is 13.2 Å². The third kappa shape index (κ3) is 3.79. The van der Waals surface area contributed by atoms with Crippen LogP contribution in [0.3, 0.4) is 0 Å². The first-order chi connectivity index (χ1) is 10.4. The van der Waals surface area contributed by atoms with Crippen molar-refractivity contribution in [2.45, 2.75) is 18.7 Å². The summed E-state index contributed by atoms with van der Waals surface area (Å²) in [6, 6.07) is 14.6. The molecule has 2 rings (SSSR count). The van der Waals surface area contributed by atoms with Gasteiger partial charge in [-0.2, -0.15) is 8.42 Å². The Labute approximate surface area is 129 Å². The second-order valence-corrected chi connectivity index (χ2v) is 6.24. The topological polar surface area (TPSA) is 72.8 Å². The lowest BCUT2D eigenvalue weighted by Crippen LogP contribution is -2.12. The predicted molar refractivity (Wildman–Crippen MR) is 83.3 cm³/mol. The summed E-state index contributed by atoms with van der Waals surface area (Å²) in [6.45, 7) is 3.25. The number of hydrogen-bond donors (Lipinski definition) is 0. The molecule has 6 heteroatoms. The molecular formula is C16H15NO4S.